The summed E-state index contributed by atoms with van der Waals surface area (Å²) in [7, 11) is 0. The molecule has 0 aromatic heterocycles. The van der Waals surface area contributed by atoms with Gasteiger partial charge in [-0.15, -0.1) is 0 Å². The van der Waals surface area contributed by atoms with E-state index in [2.05, 4.69) is 57.3 Å². The molecular weight excluding hydrogens is 170 g/mol. The third-order valence-corrected chi connectivity index (χ3v) is 2.39. The van der Waals surface area contributed by atoms with Gasteiger partial charge in [-0.1, -0.05) is 52.0 Å². The smallest absolute Gasteiger partial charge is 0.0208 e. The van der Waals surface area contributed by atoms with E-state index in [0.717, 1.165) is 13.1 Å². The van der Waals surface area contributed by atoms with Gasteiger partial charge in [-0.3, -0.25) is 0 Å². The highest BCUT2D eigenvalue weighted by molar-refractivity contribution is 5.32. The molecule has 78 valence electrons. The van der Waals surface area contributed by atoms with Gasteiger partial charge in [0.2, 0.25) is 0 Å². The van der Waals surface area contributed by atoms with Crippen LogP contribution < -0.4 is 5.32 Å². The summed E-state index contributed by atoms with van der Waals surface area (Å²) in [6.07, 6.45) is 0. The summed E-state index contributed by atoms with van der Waals surface area (Å²) >= 11 is 0. The van der Waals surface area contributed by atoms with Gasteiger partial charge in [0, 0.05) is 6.54 Å². The summed E-state index contributed by atoms with van der Waals surface area (Å²) < 4.78 is 0. The zero-order valence-corrected chi connectivity index (χ0v) is 9.72. The van der Waals surface area contributed by atoms with Crippen LogP contribution in [0, 0.1) is 0 Å². The summed E-state index contributed by atoms with van der Waals surface area (Å²) in [5.74, 6) is 0. The average molecular weight is 191 g/mol. The number of hydrogen-bond donors (Lipinski definition) is 1. The Bertz CT molecular complexity index is 284. The molecule has 0 radical (unpaired) electrons. The Morgan fingerprint density at radius 3 is 2.36 bits per heavy atom. The van der Waals surface area contributed by atoms with Gasteiger partial charge in [0.15, 0.2) is 0 Å². The molecule has 0 fully saturated rings. The first-order valence-corrected chi connectivity index (χ1v) is 5.35. The topological polar surface area (TPSA) is 12.0 Å². The SMILES string of the molecule is CCNCc1ccccc1C(C)(C)C. The van der Waals surface area contributed by atoms with Crippen molar-refractivity contribution in [3.8, 4) is 0 Å². The molecular formula is C13H21N. The lowest BCUT2D eigenvalue weighted by molar-refractivity contribution is 0.575. The zero-order chi connectivity index (χ0) is 10.6. The van der Waals surface area contributed by atoms with E-state index in [0.29, 0.717) is 0 Å². The molecule has 0 spiro atoms. The minimum atomic E-state index is 0.242. The van der Waals surface area contributed by atoms with Crippen molar-refractivity contribution in [2.24, 2.45) is 0 Å². The third-order valence-electron chi connectivity index (χ3n) is 2.39. The molecule has 0 saturated carbocycles. The Kier molecular flexibility index (Phi) is 3.70. The van der Waals surface area contributed by atoms with Crippen molar-refractivity contribution in [1.29, 1.82) is 0 Å². The molecule has 0 heterocycles. The lowest BCUT2D eigenvalue weighted by Crippen LogP contribution is -2.19. The number of rotatable bonds is 3. The van der Waals surface area contributed by atoms with Crippen LogP contribution in [-0.2, 0) is 12.0 Å². The van der Waals surface area contributed by atoms with Crippen molar-refractivity contribution in [2.45, 2.75) is 39.7 Å². The fourth-order valence-corrected chi connectivity index (χ4v) is 1.67. The molecule has 1 aromatic carbocycles. The van der Waals surface area contributed by atoms with E-state index >= 15 is 0 Å². The van der Waals surface area contributed by atoms with Crippen LogP contribution in [0.15, 0.2) is 24.3 Å². The van der Waals surface area contributed by atoms with E-state index in [1.807, 2.05) is 0 Å². The maximum Gasteiger partial charge on any atom is 0.0208 e. The van der Waals surface area contributed by atoms with Gasteiger partial charge in [0.1, 0.15) is 0 Å². The standard InChI is InChI=1S/C13H21N/c1-5-14-10-11-8-6-7-9-12(11)13(2,3)4/h6-9,14H,5,10H2,1-4H3. The Morgan fingerprint density at radius 1 is 1.14 bits per heavy atom. The molecule has 0 bridgehead atoms. The number of nitrogens with one attached hydrogen (secondary N) is 1. The summed E-state index contributed by atoms with van der Waals surface area (Å²) in [4.78, 5) is 0. The maximum atomic E-state index is 3.38. The van der Waals surface area contributed by atoms with Crippen LogP contribution in [0.25, 0.3) is 0 Å². The van der Waals surface area contributed by atoms with Crippen LogP contribution >= 0.6 is 0 Å². The fraction of sp³-hybridized carbons (Fsp3) is 0.538. The van der Waals surface area contributed by atoms with Crippen LogP contribution in [0.3, 0.4) is 0 Å². The quantitative estimate of drug-likeness (QED) is 0.774. The largest absolute Gasteiger partial charge is 0.313 e. The third kappa shape index (κ3) is 2.85. The van der Waals surface area contributed by atoms with Crippen molar-refractivity contribution >= 4 is 0 Å². The molecule has 1 N–H and O–H groups in total. The zero-order valence-electron chi connectivity index (χ0n) is 9.72. The van der Waals surface area contributed by atoms with Crippen molar-refractivity contribution in [3.05, 3.63) is 35.4 Å². The van der Waals surface area contributed by atoms with Gasteiger partial charge < -0.3 is 5.32 Å². The van der Waals surface area contributed by atoms with Gasteiger partial charge in [-0.25, -0.2) is 0 Å². The summed E-state index contributed by atoms with van der Waals surface area (Å²) in [6.45, 7) is 10.9. The molecule has 1 nitrogen and oxygen atoms in total. The molecule has 1 rings (SSSR count). The van der Waals surface area contributed by atoms with Crippen molar-refractivity contribution < 1.29 is 0 Å². The molecule has 14 heavy (non-hydrogen) atoms. The van der Waals surface area contributed by atoms with Crippen LogP contribution in [0.4, 0.5) is 0 Å². The van der Waals surface area contributed by atoms with E-state index in [1.54, 1.807) is 0 Å². The van der Waals surface area contributed by atoms with E-state index in [4.69, 9.17) is 0 Å². The van der Waals surface area contributed by atoms with Gasteiger partial charge in [0.05, 0.1) is 0 Å². The predicted octanol–water partition coefficient (Wildman–Crippen LogP) is 3.09. The van der Waals surface area contributed by atoms with Crippen molar-refractivity contribution in [2.75, 3.05) is 6.54 Å². The summed E-state index contributed by atoms with van der Waals surface area (Å²) in [5.41, 5.74) is 3.11. The summed E-state index contributed by atoms with van der Waals surface area (Å²) in [5, 5.41) is 3.38. The van der Waals surface area contributed by atoms with Gasteiger partial charge in [-0.05, 0) is 23.1 Å². The van der Waals surface area contributed by atoms with E-state index < -0.39 is 0 Å². The van der Waals surface area contributed by atoms with Crippen molar-refractivity contribution in [1.82, 2.24) is 5.32 Å². The predicted molar refractivity (Wildman–Crippen MR) is 62.5 cm³/mol. The van der Waals surface area contributed by atoms with Crippen LogP contribution in [0.2, 0.25) is 0 Å². The summed E-state index contributed by atoms with van der Waals surface area (Å²) in [6, 6.07) is 8.67. The molecule has 0 atom stereocenters. The highest BCUT2D eigenvalue weighted by Gasteiger charge is 2.16. The first kappa shape index (κ1) is 11.3. The molecule has 1 aromatic rings. The van der Waals surface area contributed by atoms with Gasteiger partial charge in [-0.2, -0.15) is 0 Å². The van der Waals surface area contributed by atoms with Crippen LogP contribution in [0.5, 0.6) is 0 Å². The number of benzene rings is 1. The molecule has 0 amide bonds. The second-order valence-corrected chi connectivity index (χ2v) is 4.69. The highest BCUT2D eigenvalue weighted by Crippen LogP contribution is 2.25. The van der Waals surface area contributed by atoms with Gasteiger partial charge in [0.25, 0.3) is 0 Å². The van der Waals surface area contributed by atoms with Crippen molar-refractivity contribution in [3.63, 3.8) is 0 Å². The Hall–Kier alpha value is -0.820. The van der Waals surface area contributed by atoms with Crippen LogP contribution in [-0.4, -0.2) is 6.54 Å². The molecule has 0 aliphatic carbocycles. The molecule has 0 aliphatic rings. The second kappa shape index (κ2) is 4.61. The molecule has 0 aliphatic heterocycles. The minimum absolute atomic E-state index is 0.242. The van der Waals surface area contributed by atoms with E-state index in [1.165, 1.54) is 11.1 Å². The van der Waals surface area contributed by atoms with E-state index in [9.17, 15) is 0 Å². The lowest BCUT2D eigenvalue weighted by atomic mass is 9.84. The second-order valence-electron chi connectivity index (χ2n) is 4.69. The Morgan fingerprint density at radius 2 is 1.79 bits per heavy atom. The molecule has 0 unspecified atom stereocenters. The lowest BCUT2D eigenvalue weighted by Gasteiger charge is -2.22. The van der Waals surface area contributed by atoms with Gasteiger partial charge >= 0.3 is 0 Å². The maximum absolute atomic E-state index is 3.38. The fourth-order valence-electron chi connectivity index (χ4n) is 1.67. The Balaban J connectivity index is 2.92. The van der Waals surface area contributed by atoms with Crippen LogP contribution in [0.1, 0.15) is 38.8 Å². The molecule has 1 heteroatoms. The Labute approximate surface area is 87.5 Å². The first-order chi connectivity index (χ1) is 6.55. The minimum Gasteiger partial charge on any atom is -0.313 e. The first-order valence-electron chi connectivity index (χ1n) is 5.35. The highest BCUT2D eigenvalue weighted by atomic mass is 14.8. The van der Waals surface area contributed by atoms with E-state index in [-0.39, 0.29) is 5.41 Å². The average Bonchev–Trinajstić information content (AvgIpc) is 2.14. The molecule has 0 saturated heterocycles. The normalized spacial score (nSPS) is 11.7. The number of hydrogen-bond acceptors (Lipinski definition) is 1. The monoisotopic (exact) mass is 191 g/mol.